The maximum absolute atomic E-state index is 12.6. The summed E-state index contributed by atoms with van der Waals surface area (Å²) >= 11 is 0. The maximum Gasteiger partial charge on any atom is 0.227 e. The molecular weight excluding hydrogens is 426 g/mol. The minimum absolute atomic E-state index is 0.118. The third-order valence-electron chi connectivity index (χ3n) is 6.55. The molecular formula is C28H37N3O3. The van der Waals surface area contributed by atoms with Crippen molar-refractivity contribution < 1.29 is 14.3 Å². The van der Waals surface area contributed by atoms with Gasteiger partial charge in [-0.05, 0) is 61.4 Å². The van der Waals surface area contributed by atoms with Gasteiger partial charge in [-0.1, -0.05) is 26.0 Å². The van der Waals surface area contributed by atoms with Crippen molar-refractivity contribution in [1.29, 1.82) is 0 Å². The molecule has 182 valence electrons. The van der Waals surface area contributed by atoms with E-state index in [4.69, 9.17) is 14.5 Å². The first-order valence-corrected chi connectivity index (χ1v) is 12.5. The molecule has 1 aliphatic rings. The van der Waals surface area contributed by atoms with Gasteiger partial charge in [0.05, 0.1) is 18.5 Å². The summed E-state index contributed by atoms with van der Waals surface area (Å²) in [6, 6.07) is 12.7. The maximum atomic E-state index is 12.6. The Morgan fingerprint density at radius 2 is 1.94 bits per heavy atom. The predicted octanol–water partition coefficient (Wildman–Crippen LogP) is 5.46. The van der Waals surface area contributed by atoms with E-state index >= 15 is 0 Å². The van der Waals surface area contributed by atoms with Crippen LogP contribution in [0.5, 0.6) is 5.75 Å². The zero-order chi connectivity index (χ0) is 24.1. The van der Waals surface area contributed by atoms with Gasteiger partial charge in [0.25, 0.3) is 0 Å². The Morgan fingerprint density at radius 1 is 1.21 bits per heavy atom. The third kappa shape index (κ3) is 5.79. The smallest absolute Gasteiger partial charge is 0.227 e. The Labute approximate surface area is 202 Å². The Hall–Kier alpha value is -2.86. The van der Waals surface area contributed by atoms with E-state index in [0.717, 1.165) is 61.5 Å². The second-order valence-electron chi connectivity index (χ2n) is 9.71. The molecule has 6 heteroatoms. The fourth-order valence-electron chi connectivity index (χ4n) is 4.62. The summed E-state index contributed by atoms with van der Waals surface area (Å²) in [6.07, 6.45) is 5.34. The number of anilines is 1. The Kier molecular flexibility index (Phi) is 7.88. The van der Waals surface area contributed by atoms with Crippen LogP contribution < -0.4 is 9.64 Å². The highest BCUT2D eigenvalue weighted by atomic mass is 16.5. The van der Waals surface area contributed by atoms with Crippen molar-refractivity contribution in [1.82, 2.24) is 9.55 Å². The SMILES string of the molecule is CCOc1ccc(Cc2cc3cc(N(C)C(=O)CC(C)C)cnc3n2CC2CCOCC2)cc1. The van der Waals surface area contributed by atoms with Gasteiger partial charge in [0.1, 0.15) is 11.4 Å². The average molecular weight is 464 g/mol. The van der Waals surface area contributed by atoms with Crippen molar-refractivity contribution >= 4 is 22.6 Å². The number of ether oxygens (including phenoxy) is 2. The molecule has 6 nitrogen and oxygen atoms in total. The molecule has 0 aliphatic carbocycles. The van der Waals surface area contributed by atoms with Crippen molar-refractivity contribution in [2.24, 2.45) is 11.8 Å². The summed E-state index contributed by atoms with van der Waals surface area (Å²) in [7, 11) is 1.84. The first-order valence-electron chi connectivity index (χ1n) is 12.5. The van der Waals surface area contributed by atoms with Crippen molar-refractivity contribution in [2.75, 3.05) is 31.8 Å². The average Bonchev–Trinajstić information content (AvgIpc) is 3.16. The number of amides is 1. The van der Waals surface area contributed by atoms with E-state index in [1.807, 2.05) is 32.3 Å². The van der Waals surface area contributed by atoms with E-state index in [1.165, 1.54) is 11.3 Å². The van der Waals surface area contributed by atoms with Crippen LogP contribution in [-0.4, -0.2) is 42.3 Å². The molecule has 0 bridgehead atoms. The fraction of sp³-hybridized carbons (Fsp3) is 0.500. The van der Waals surface area contributed by atoms with Crippen molar-refractivity contribution in [2.45, 2.75) is 53.0 Å². The molecule has 3 heterocycles. The normalized spacial score (nSPS) is 14.6. The predicted molar refractivity (Wildman–Crippen MR) is 137 cm³/mol. The van der Waals surface area contributed by atoms with Crippen molar-refractivity contribution in [3.8, 4) is 5.75 Å². The molecule has 0 unspecified atom stereocenters. The second-order valence-corrected chi connectivity index (χ2v) is 9.71. The molecule has 1 saturated heterocycles. The first kappa shape index (κ1) is 24.3. The summed E-state index contributed by atoms with van der Waals surface area (Å²) in [5.41, 5.74) is 4.31. The van der Waals surface area contributed by atoms with Crippen LogP contribution in [0.2, 0.25) is 0 Å². The van der Waals surface area contributed by atoms with E-state index < -0.39 is 0 Å². The molecule has 34 heavy (non-hydrogen) atoms. The van der Waals surface area contributed by atoms with Crippen LogP contribution in [0.3, 0.4) is 0 Å². The highest BCUT2D eigenvalue weighted by molar-refractivity contribution is 5.94. The number of aromatic nitrogens is 2. The van der Waals surface area contributed by atoms with Crippen LogP contribution in [0.1, 0.15) is 51.3 Å². The van der Waals surface area contributed by atoms with Crippen LogP contribution in [-0.2, 0) is 22.5 Å². The number of carbonyl (C=O) groups is 1. The van der Waals surface area contributed by atoms with Gasteiger partial charge in [-0.3, -0.25) is 4.79 Å². The molecule has 3 aromatic rings. The topological polar surface area (TPSA) is 56.6 Å². The van der Waals surface area contributed by atoms with Gasteiger partial charge < -0.3 is 18.9 Å². The molecule has 1 fully saturated rings. The number of carbonyl (C=O) groups excluding carboxylic acids is 1. The van der Waals surface area contributed by atoms with Gasteiger partial charge in [0.15, 0.2) is 0 Å². The molecule has 1 amide bonds. The summed E-state index contributed by atoms with van der Waals surface area (Å²) in [6.45, 7) is 9.40. The minimum atomic E-state index is 0.118. The molecule has 2 aromatic heterocycles. The number of rotatable bonds is 9. The minimum Gasteiger partial charge on any atom is -0.494 e. The summed E-state index contributed by atoms with van der Waals surface area (Å²) in [5.74, 6) is 1.93. The standard InChI is InChI=1S/C28H37N3O3/c1-5-34-26-8-6-21(7-9-26)15-24-16-23-17-25(30(4)27(32)14-20(2)3)18-29-28(23)31(24)19-22-10-12-33-13-11-22/h6-9,16-18,20,22H,5,10-15,19H2,1-4H3. The van der Waals surface area contributed by atoms with Gasteiger partial charge in [0, 0.05) is 50.7 Å². The molecule has 4 rings (SSSR count). The van der Waals surface area contributed by atoms with E-state index in [1.54, 1.807) is 4.90 Å². The van der Waals surface area contributed by atoms with Crippen molar-refractivity contribution in [3.05, 3.63) is 53.9 Å². The number of fused-ring (bicyclic) bond motifs is 1. The van der Waals surface area contributed by atoms with Gasteiger partial charge in [-0.25, -0.2) is 4.98 Å². The Bertz CT molecular complexity index is 1100. The lowest BCUT2D eigenvalue weighted by Crippen LogP contribution is -2.27. The van der Waals surface area contributed by atoms with Crippen LogP contribution in [0.25, 0.3) is 11.0 Å². The Morgan fingerprint density at radius 3 is 2.62 bits per heavy atom. The monoisotopic (exact) mass is 463 g/mol. The van der Waals surface area contributed by atoms with E-state index in [0.29, 0.717) is 24.9 Å². The summed E-state index contributed by atoms with van der Waals surface area (Å²) in [4.78, 5) is 19.2. The second kappa shape index (κ2) is 11.0. The molecule has 1 aromatic carbocycles. The number of pyridine rings is 1. The van der Waals surface area contributed by atoms with Crippen LogP contribution in [0.15, 0.2) is 42.6 Å². The fourth-order valence-corrected chi connectivity index (χ4v) is 4.62. The molecule has 0 atom stereocenters. The lowest BCUT2D eigenvalue weighted by molar-refractivity contribution is -0.119. The highest BCUT2D eigenvalue weighted by Gasteiger charge is 2.20. The quantitative estimate of drug-likeness (QED) is 0.423. The van der Waals surface area contributed by atoms with Crippen LogP contribution in [0, 0.1) is 11.8 Å². The van der Waals surface area contributed by atoms with Gasteiger partial charge >= 0.3 is 0 Å². The van der Waals surface area contributed by atoms with Gasteiger partial charge in [-0.15, -0.1) is 0 Å². The Balaban J connectivity index is 1.65. The molecule has 0 N–H and O–H groups in total. The number of benzene rings is 1. The lowest BCUT2D eigenvalue weighted by atomic mass is 10.00. The zero-order valence-corrected chi connectivity index (χ0v) is 20.9. The van der Waals surface area contributed by atoms with Crippen LogP contribution >= 0.6 is 0 Å². The number of hydrogen-bond acceptors (Lipinski definition) is 4. The number of hydrogen-bond donors (Lipinski definition) is 0. The molecule has 0 radical (unpaired) electrons. The van der Waals surface area contributed by atoms with E-state index in [-0.39, 0.29) is 5.91 Å². The lowest BCUT2D eigenvalue weighted by Gasteiger charge is -2.24. The van der Waals surface area contributed by atoms with Gasteiger partial charge in [0.2, 0.25) is 5.91 Å². The van der Waals surface area contributed by atoms with Gasteiger partial charge in [-0.2, -0.15) is 0 Å². The summed E-state index contributed by atoms with van der Waals surface area (Å²) in [5, 5.41) is 1.08. The molecule has 0 saturated carbocycles. The van der Waals surface area contributed by atoms with Crippen LogP contribution in [0.4, 0.5) is 5.69 Å². The molecule has 1 aliphatic heterocycles. The van der Waals surface area contributed by atoms with E-state index in [2.05, 4.69) is 42.7 Å². The largest absolute Gasteiger partial charge is 0.494 e. The summed E-state index contributed by atoms with van der Waals surface area (Å²) < 4.78 is 13.6. The zero-order valence-electron chi connectivity index (χ0n) is 20.9. The molecule has 0 spiro atoms. The highest BCUT2D eigenvalue weighted by Crippen LogP contribution is 2.28. The van der Waals surface area contributed by atoms with Crippen molar-refractivity contribution in [3.63, 3.8) is 0 Å². The first-order chi connectivity index (χ1) is 16.4. The van der Waals surface area contributed by atoms with E-state index in [9.17, 15) is 4.79 Å². The number of nitrogens with zero attached hydrogens (tertiary/aromatic N) is 3. The third-order valence-corrected chi connectivity index (χ3v) is 6.55.